The Morgan fingerprint density at radius 2 is 2.17 bits per heavy atom. The minimum absolute atomic E-state index is 0.00884. The maximum absolute atomic E-state index is 12.5. The van der Waals surface area contributed by atoms with E-state index < -0.39 is 0 Å². The fourth-order valence-corrected chi connectivity index (χ4v) is 3.74. The molecule has 3 rings (SSSR count). The van der Waals surface area contributed by atoms with Gasteiger partial charge in [-0.25, -0.2) is 0 Å². The molecular weight excluding hydrogens is 246 g/mol. The lowest BCUT2D eigenvalue weighted by Gasteiger charge is -2.24. The molecule has 1 fully saturated rings. The zero-order valence-electron chi connectivity index (χ0n) is 10.2. The largest absolute Gasteiger partial charge is 0.395 e. The summed E-state index contributed by atoms with van der Waals surface area (Å²) in [6.07, 6.45) is 3.01. The highest BCUT2D eigenvalue weighted by atomic mass is 32.2. The van der Waals surface area contributed by atoms with Crippen molar-refractivity contribution >= 4 is 17.7 Å². The smallest absolute Gasteiger partial charge is 0.236 e. The predicted molar refractivity (Wildman–Crippen MR) is 71.6 cm³/mol. The molecule has 1 aromatic rings. The van der Waals surface area contributed by atoms with Gasteiger partial charge in [0.25, 0.3) is 0 Å². The van der Waals surface area contributed by atoms with Crippen LogP contribution in [0.4, 0.5) is 0 Å². The number of benzene rings is 1. The minimum Gasteiger partial charge on any atom is -0.395 e. The molecule has 18 heavy (non-hydrogen) atoms. The number of nitrogens with zero attached hydrogens (tertiary/aromatic N) is 1. The summed E-state index contributed by atoms with van der Waals surface area (Å²) in [4.78, 5) is 15.6. The summed E-state index contributed by atoms with van der Waals surface area (Å²) in [6.45, 7) is 0.545. The van der Waals surface area contributed by atoms with Crippen LogP contribution in [0.5, 0.6) is 0 Å². The van der Waals surface area contributed by atoms with E-state index in [-0.39, 0.29) is 17.8 Å². The molecule has 1 unspecified atom stereocenters. The number of amides is 1. The monoisotopic (exact) mass is 263 g/mol. The van der Waals surface area contributed by atoms with Crippen molar-refractivity contribution in [2.45, 2.75) is 35.4 Å². The Morgan fingerprint density at radius 3 is 2.83 bits per heavy atom. The predicted octanol–water partition coefficient (Wildman–Crippen LogP) is 1.69. The van der Waals surface area contributed by atoms with Crippen molar-refractivity contribution in [3.05, 3.63) is 29.8 Å². The standard InChI is InChI=1S/C14H17NO2S/c16-8-7-15(11-5-6-11)14(17)13-9-10-3-1-2-4-12(10)18-13/h1-4,11,13,16H,5-9H2. The lowest BCUT2D eigenvalue weighted by molar-refractivity contribution is -0.131. The summed E-state index contributed by atoms with van der Waals surface area (Å²) in [5.41, 5.74) is 1.28. The molecule has 1 heterocycles. The molecule has 0 aromatic heterocycles. The van der Waals surface area contributed by atoms with Gasteiger partial charge in [0.2, 0.25) is 5.91 Å². The lowest BCUT2D eigenvalue weighted by atomic mass is 10.1. The normalized spacial score (nSPS) is 21.7. The molecular formula is C14H17NO2S. The third-order valence-electron chi connectivity index (χ3n) is 3.53. The minimum atomic E-state index is 0.00884. The van der Waals surface area contributed by atoms with E-state index in [1.807, 2.05) is 17.0 Å². The van der Waals surface area contributed by atoms with Gasteiger partial charge in [-0.15, -0.1) is 11.8 Å². The summed E-state index contributed by atoms with van der Waals surface area (Å²) in [7, 11) is 0. The van der Waals surface area contributed by atoms with Crippen molar-refractivity contribution in [3.8, 4) is 0 Å². The van der Waals surface area contributed by atoms with Crippen LogP contribution in [0.3, 0.4) is 0 Å². The van der Waals surface area contributed by atoms with Crippen molar-refractivity contribution in [2.75, 3.05) is 13.2 Å². The number of fused-ring (bicyclic) bond motifs is 1. The number of thioether (sulfide) groups is 1. The molecule has 96 valence electrons. The van der Waals surface area contributed by atoms with Crippen LogP contribution in [0.25, 0.3) is 0 Å². The first-order valence-corrected chi connectivity index (χ1v) is 7.33. The molecule has 2 aliphatic rings. The lowest BCUT2D eigenvalue weighted by Crippen LogP contribution is -2.41. The summed E-state index contributed by atoms with van der Waals surface area (Å²) in [5, 5.41) is 9.09. The van der Waals surface area contributed by atoms with Crippen LogP contribution < -0.4 is 0 Å². The van der Waals surface area contributed by atoms with Crippen LogP contribution in [0.15, 0.2) is 29.2 Å². The van der Waals surface area contributed by atoms with Crippen molar-refractivity contribution in [3.63, 3.8) is 0 Å². The number of carbonyl (C=O) groups is 1. The molecule has 4 heteroatoms. The number of aliphatic hydroxyl groups is 1. The van der Waals surface area contributed by atoms with Crippen LogP contribution in [0, 0.1) is 0 Å². The Bertz CT molecular complexity index is 434. The summed E-state index contributed by atoms with van der Waals surface area (Å²) in [5.74, 6) is 0.202. The number of hydrogen-bond acceptors (Lipinski definition) is 3. The highest BCUT2D eigenvalue weighted by Crippen LogP contribution is 2.39. The van der Waals surface area contributed by atoms with Gasteiger partial charge in [0.05, 0.1) is 11.9 Å². The summed E-state index contributed by atoms with van der Waals surface area (Å²) >= 11 is 1.67. The van der Waals surface area contributed by atoms with Crippen LogP contribution in [0.1, 0.15) is 18.4 Å². The van der Waals surface area contributed by atoms with Gasteiger partial charge >= 0.3 is 0 Å². The molecule has 1 aliphatic carbocycles. The Labute approximate surface area is 111 Å². The number of carbonyl (C=O) groups excluding carboxylic acids is 1. The van der Waals surface area contributed by atoms with Gasteiger partial charge in [-0.2, -0.15) is 0 Å². The van der Waals surface area contributed by atoms with Crippen LogP contribution in [-0.2, 0) is 11.2 Å². The van der Waals surface area contributed by atoms with E-state index in [2.05, 4.69) is 12.1 Å². The third kappa shape index (κ3) is 2.27. The highest BCUT2D eigenvalue weighted by Gasteiger charge is 2.37. The van der Waals surface area contributed by atoms with Gasteiger partial charge in [-0.3, -0.25) is 4.79 Å². The summed E-state index contributed by atoms with van der Waals surface area (Å²) in [6, 6.07) is 8.61. The van der Waals surface area contributed by atoms with Gasteiger partial charge in [-0.05, 0) is 30.9 Å². The van der Waals surface area contributed by atoms with Gasteiger partial charge in [0.1, 0.15) is 0 Å². The SMILES string of the molecule is O=C(C1Cc2ccccc2S1)N(CCO)C1CC1. The fourth-order valence-electron chi connectivity index (χ4n) is 2.47. The van der Waals surface area contributed by atoms with Crippen LogP contribution in [0.2, 0.25) is 0 Å². The molecule has 1 saturated carbocycles. The zero-order chi connectivity index (χ0) is 12.5. The first-order chi connectivity index (χ1) is 8.79. The molecule has 1 N–H and O–H groups in total. The van der Waals surface area contributed by atoms with E-state index in [1.165, 1.54) is 10.5 Å². The van der Waals surface area contributed by atoms with E-state index in [4.69, 9.17) is 5.11 Å². The van der Waals surface area contributed by atoms with E-state index in [0.29, 0.717) is 12.6 Å². The molecule has 0 radical (unpaired) electrons. The first kappa shape index (κ1) is 12.1. The number of rotatable bonds is 4. The molecule has 1 aromatic carbocycles. The molecule has 1 amide bonds. The molecule has 3 nitrogen and oxygen atoms in total. The van der Waals surface area contributed by atoms with E-state index in [0.717, 1.165) is 19.3 Å². The number of hydrogen-bond donors (Lipinski definition) is 1. The third-order valence-corrected chi connectivity index (χ3v) is 4.84. The maximum Gasteiger partial charge on any atom is 0.236 e. The van der Waals surface area contributed by atoms with Crippen molar-refractivity contribution < 1.29 is 9.90 Å². The zero-order valence-corrected chi connectivity index (χ0v) is 11.0. The van der Waals surface area contributed by atoms with Crippen LogP contribution in [-0.4, -0.2) is 40.4 Å². The molecule has 0 spiro atoms. The van der Waals surface area contributed by atoms with Crippen molar-refractivity contribution in [1.82, 2.24) is 4.90 Å². The number of aliphatic hydroxyl groups excluding tert-OH is 1. The second kappa shape index (κ2) is 4.94. The summed E-state index contributed by atoms with van der Waals surface area (Å²) < 4.78 is 0. The molecule has 1 aliphatic heterocycles. The quantitative estimate of drug-likeness (QED) is 0.898. The maximum atomic E-state index is 12.5. The van der Waals surface area contributed by atoms with Crippen molar-refractivity contribution in [1.29, 1.82) is 0 Å². The second-order valence-corrected chi connectivity index (χ2v) is 6.15. The average molecular weight is 263 g/mol. The average Bonchev–Trinajstić information content (AvgIpc) is 3.13. The molecule has 1 atom stereocenters. The Morgan fingerprint density at radius 1 is 1.39 bits per heavy atom. The van der Waals surface area contributed by atoms with Crippen LogP contribution >= 0.6 is 11.8 Å². The van der Waals surface area contributed by atoms with E-state index >= 15 is 0 Å². The highest BCUT2D eigenvalue weighted by molar-refractivity contribution is 8.01. The van der Waals surface area contributed by atoms with Gasteiger partial charge < -0.3 is 10.0 Å². The Hall–Kier alpha value is -1.00. The molecule has 0 saturated heterocycles. The fraction of sp³-hybridized carbons (Fsp3) is 0.500. The van der Waals surface area contributed by atoms with Gasteiger partial charge in [-0.1, -0.05) is 18.2 Å². The van der Waals surface area contributed by atoms with Gasteiger partial charge in [0, 0.05) is 17.5 Å². The van der Waals surface area contributed by atoms with Crippen molar-refractivity contribution in [2.24, 2.45) is 0 Å². The molecule has 0 bridgehead atoms. The van der Waals surface area contributed by atoms with Gasteiger partial charge in [0.15, 0.2) is 0 Å². The Kier molecular flexibility index (Phi) is 3.31. The second-order valence-electron chi connectivity index (χ2n) is 4.90. The topological polar surface area (TPSA) is 40.5 Å². The first-order valence-electron chi connectivity index (χ1n) is 6.45. The Balaban J connectivity index is 1.71. The van der Waals surface area contributed by atoms with E-state index in [9.17, 15) is 4.79 Å². The van der Waals surface area contributed by atoms with E-state index in [1.54, 1.807) is 11.8 Å².